The Kier molecular flexibility index (Phi) is 5.49. The molecule has 1 unspecified atom stereocenters. The van der Waals surface area contributed by atoms with Gasteiger partial charge in [-0.25, -0.2) is 4.79 Å². The highest BCUT2D eigenvalue weighted by Gasteiger charge is 2.33. The largest absolute Gasteiger partial charge is 0.462 e. The summed E-state index contributed by atoms with van der Waals surface area (Å²) in [5, 5.41) is 14.2. The summed E-state index contributed by atoms with van der Waals surface area (Å²) in [5.74, 6) is -0.804. The lowest BCUT2D eigenvalue weighted by Crippen LogP contribution is -2.30. The minimum Gasteiger partial charge on any atom is -0.462 e. The van der Waals surface area contributed by atoms with E-state index in [9.17, 15) is 19.7 Å². The van der Waals surface area contributed by atoms with Crippen LogP contribution in [0.15, 0.2) is 48.5 Å². The van der Waals surface area contributed by atoms with Crippen LogP contribution in [0.2, 0.25) is 0 Å². The first kappa shape index (κ1) is 18.6. The zero-order chi connectivity index (χ0) is 19.4. The van der Waals surface area contributed by atoms with Crippen LogP contribution in [0.5, 0.6) is 0 Å². The van der Waals surface area contributed by atoms with E-state index >= 15 is 0 Å². The molecule has 0 spiro atoms. The third-order valence-electron chi connectivity index (χ3n) is 4.44. The van der Waals surface area contributed by atoms with Crippen LogP contribution in [0.4, 0.5) is 5.69 Å². The summed E-state index contributed by atoms with van der Waals surface area (Å²) in [6.07, 6.45) is 2.03. The Bertz CT molecular complexity index is 862. The smallest absolute Gasteiger partial charge is 0.338 e. The maximum absolute atomic E-state index is 12.8. The summed E-state index contributed by atoms with van der Waals surface area (Å²) in [4.78, 5) is 35.3. The van der Waals surface area contributed by atoms with Gasteiger partial charge in [0.05, 0.1) is 23.1 Å². The topological polar surface area (TPSA) is 98.5 Å². The Labute approximate surface area is 156 Å². The number of nitro groups is 1. The van der Waals surface area contributed by atoms with Gasteiger partial charge in [0.25, 0.3) is 11.6 Å². The first-order valence-corrected chi connectivity index (χ1v) is 8.82. The van der Waals surface area contributed by atoms with Crippen LogP contribution in [-0.2, 0) is 4.74 Å². The van der Waals surface area contributed by atoms with Crippen LogP contribution in [-0.4, -0.2) is 23.4 Å². The molecule has 1 atom stereocenters. The van der Waals surface area contributed by atoms with Gasteiger partial charge >= 0.3 is 5.97 Å². The zero-order valence-electron chi connectivity index (χ0n) is 14.9. The number of hydrogen-bond acceptors (Lipinski definition) is 5. The number of carbonyl (C=O) groups is 2. The second-order valence-corrected chi connectivity index (χ2v) is 6.45. The van der Waals surface area contributed by atoms with Gasteiger partial charge in [0.1, 0.15) is 0 Å². The summed E-state index contributed by atoms with van der Waals surface area (Å²) in [7, 11) is 0. The van der Waals surface area contributed by atoms with Crippen LogP contribution in [0.3, 0.4) is 0 Å². The molecule has 140 valence electrons. The summed E-state index contributed by atoms with van der Waals surface area (Å²) >= 11 is 0. The molecule has 1 aliphatic carbocycles. The summed E-state index contributed by atoms with van der Waals surface area (Å²) < 4.78 is 4.90. The Morgan fingerprint density at radius 2 is 1.85 bits per heavy atom. The molecule has 7 heteroatoms. The fourth-order valence-electron chi connectivity index (χ4n) is 2.97. The second-order valence-electron chi connectivity index (χ2n) is 6.45. The summed E-state index contributed by atoms with van der Waals surface area (Å²) in [5.41, 5.74) is 0.713. The number of hydrogen-bond donors (Lipinski definition) is 1. The fourth-order valence-corrected chi connectivity index (χ4v) is 2.97. The van der Waals surface area contributed by atoms with Crippen molar-refractivity contribution in [3.8, 4) is 0 Å². The van der Waals surface area contributed by atoms with E-state index in [1.54, 1.807) is 6.92 Å². The number of benzene rings is 2. The lowest BCUT2D eigenvalue weighted by molar-refractivity contribution is -0.384. The number of nitrogens with one attached hydrogen (secondary N) is 1. The van der Waals surface area contributed by atoms with Gasteiger partial charge in [-0.1, -0.05) is 30.3 Å². The average molecular weight is 368 g/mol. The molecule has 2 aromatic carbocycles. The standard InChI is InChI=1S/C20H20N2O5/c1-2-27-20(24)16-10-15(11-17(12-16)22(25)26)19(23)21-18(14-8-9-14)13-6-4-3-5-7-13/h3-7,10-12,14,18H,2,8-9H2,1H3,(H,21,23). The molecule has 0 aliphatic heterocycles. The van der Waals surface area contributed by atoms with Crippen LogP contribution in [0.25, 0.3) is 0 Å². The highest BCUT2D eigenvalue weighted by Crippen LogP contribution is 2.41. The second kappa shape index (κ2) is 7.99. The predicted molar refractivity (Wildman–Crippen MR) is 98.4 cm³/mol. The van der Waals surface area contributed by atoms with Gasteiger partial charge in [0.2, 0.25) is 0 Å². The van der Waals surface area contributed by atoms with E-state index in [1.807, 2.05) is 30.3 Å². The van der Waals surface area contributed by atoms with Gasteiger partial charge in [-0.2, -0.15) is 0 Å². The lowest BCUT2D eigenvalue weighted by Gasteiger charge is -2.19. The molecule has 1 amide bonds. The molecule has 2 aromatic rings. The van der Waals surface area contributed by atoms with Crippen LogP contribution in [0, 0.1) is 16.0 Å². The van der Waals surface area contributed by atoms with Gasteiger partial charge in [0.15, 0.2) is 0 Å². The Balaban J connectivity index is 1.88. The third kappa shape index (κ3) is 4.49. The van der Waals surface area contributed by atoms with Crippen LogP contribution in [0.1, 0.15) is 52.1 Å². The maximum Gasteiger partial charge on any atom is 0.338 e. The molecule has 0 radical (unpaired) electrons. The van der Waals surface area contributed by atoms with Crippen molar-refractivity contribution in [2.24, 2.45) is 5.92 Å². The number of nitrogens with zero attached hydrogens (tertiary/aromatic N) is 1. The molecule has 1 fully saturated rings. The van der Waals surface area contributed by atoms with Crippen molar-refractivity contribution in [3.05, 3.63) is 75.3 Å². The molecular weight excluding hydrogens is 348 g/mol. The number of nitro benzene ring substituents is 1. The summed E-state index contributed by atoms with van der Waals surface area (Å²) in [6.45, 7) is 1.78. The Morgan fingerprint density at radius 3 is 2.44 bits per heavy atom. The van der Waals surface area contributed by atoms with Crippen LogP contribution < -0.4 is 5.32 Å². The van der Waals surface area contributed by atoms with Gasteiger partial charge in [-0.15, -0.1) is 0 Å². The highest BCUT2D eigenvalue weighted by molar-refractivity contribution is 5.99. The molecule has 0 aromatic heterocycles. The SMILES string of the molecule is CCOC(=O)c1cc(C(=O)NC(c2ccccc2)C2CC2)cc([N+](=O)[O-])c1. The zero-order valence-corrected chi connectivity index (χ0v) is 14.9. The minimum absolute atomic E-state index is 0.0149. The van der Waals surface area contributed by atoms with Crippen LogP contribution >= 0.6 is 0 Å². The van der Waals surface area contributed by atoms with E-state index in [4.69, 9.17) is 4.74 Å². The average Bonchev–Trinajstić information content (AvgIpc) is 3.51. The molecule has 0 saturated heterocycles. The van der Waals surface area contributed by atoms with Crippen molar-refractivity contribution < 1.29 is 19.2 Å². The molecular formula is C20H20N2O5. The lowest BCUT2D eigenvalue weighted by atomic mass is 10.0. The molecule has 1 aliphatic rings. The molecule has 7 nitrogen and oxygen atoms in total. The van der Waals surface area contributed by atoms with Crippen molar-refractivity contribution in [2.45, 2.75) is 25.8 Å². The van der Waals surface area contributed by atoms with E-state index in [1.165, 1.54) is 12.1 Å². The van der Waals surface area contributed by atoms with Gasteiger partial charge in [-0.05, 0) is 37.3 Å². The monoisotopic (exact) mass is 368 g/mol. The number of amides is 1. The van der Waals surface area contributed by atoms with E-state index in [2.05, 4.69) is 5.32 Å². The van der Waals surface area contributed by atoms with Crippen molar-refractivity contribution in [3.63, 3.8) is 0 Å². The fraction of sp³-hybridized carbons (Fsp3) is 0.300. The van der Waals surface area contributed by atoms with Crippen molar-refractivity contribution >= 4 is 17.6 Å². The highest BCUT2D eigenvalue weighted by atomic mass is 16.6. The van der Waals surface area contributed by atoms with Gasteiger partial charge in [0, 0.05) is 17.7 Å². The molecule has 1 saturated carbocycles. The first-order chi connectivity index (χ1) is 13.0. The van der Waals surface area contributed by atoms with Crippen molar-refractivity contribution in [1.29, 1.82) is 0 Å². The normalized spacial score (nSPS) is 14.3. The van der Waals surface area contributed by atoms with Crippen molar-refractivity contribution in [2.75, 3.05) is 6.61 Å². The minimum atomic E-state index is -0.697. The third-order valence-corrected chi connectivity index (χ3v) is 4.44. The Morgan fingerprint density at radius 1 is 1.19 bits per heavy atom. The number of esters is 1. The number of rotatable bonds is 7. The number of ether oxygens (including phenoxy) is 1. The van der Waals surface area contributed by atoms with Crippen molar-refractivity contribution in [1.82, 2.24) is 5.32 Å². The van der Waals surface area contributed by atoms with E-state index < -0.39 is 16.8 Å². The maximum atomic E-state index is 12.8. The van der Waals surface area contributed by atoms with E-state index in [0.717, 1.165) is 24.5 Å². The van der Waals surface area contributed by atoms with Gasteiger partial charge < -0.3 is 10.1 Å². The van der Waals surface area contributed by atoms with E-state index in [0.29, 0.717) is 5.92 Å². The molecule has 1 N–H and O–H groups in total. The molecule has 0 heterocycles. The Hall–Kier alpha value is -3.22. The summed E-state index contributed by atoms with van der Waals surface area (Å²) in [6, 6.07) is 13.1. The number of carbonyl (C=O) groups excluding carboxylic acids is 2. The predicted octanol–water partition coefficient (Wildman–Crippen LogP) is 3.65. The molecule has 3 rings (SSSR count). The van der Waals surface area contributed by atoms with Gasteiger partial charge in [-0.3, -0.25) is 14.9 Å². The number of non-ortho nitro benzene ring substituents is 1. The molecule has 27 heavy (non-hydrogen) atoms. The first-order valence-electron chi connectivity index (χ1n) is 8.82. The quantitative estimate of drug-likeness (QED) is 0.457. The van der Waals surface area contributed by atoms with E-state index in [-0.39, 0.29) is 29.5 Å². The molecule has 0 bridgehead atoms.